The van der Waals surface area contributed by atoms with Gasteiger partial charge in [-0.05, 0) is 55.5 Å². The first kappa shape index (κ1) is 24.6. The standard InChI is InChI=1S/C25H30BrClN2O3/c1-3-22(25(31)28-20-10-6-7-11-20)29(15-18-9-5-4-8-17(18)2)24(30)16-32-23-13-12-19(26)14-21(23)27/h4-5,8-9,12-14,20,22H,3,6-7,10-11,15-16H2,1-2H3,(H,28,31). The number of aryl methyl sites for hydroxylation is 1. The predicted molar refractivity (Wildman–Crippen MR) is 131 cm³/mol. The average molecular weight is 522 g/mol. The Bertz CT molecular complexity index is 947. The van der Waals surface area contributed by atoms with E-state index in [-0.39, 0.29) is 24.5 Å². The summed E-state index contributed by atoms with van der Waals surface area (Å²) in [7, 11) is 0. The molecule has 1 unspecified atom stereocenters. The molecule has 1 saturated carbocycles. The molecule has 0 saturated heterocycles. The zero-order valence-electron chi connectivity index (χ0n) is 18.6. The van der Waals surface area contributed by atoms with Crippen LogP contribution in [-0.2, 0) is 16.1 Å². The second-order valence-electron chi connectivity index (χ2n) is 8.23. The van der Waals surface area contributed by atoms with Gasteiger partial charge in [0.15, 0.2) is 6.61 Å². The largest absolute Gasteiger partial charge is 0.482 e. The van der Waals surface area contributed by atoms with Crippen LogP contribution in [-0.4, -0.2) is 35.4 Å². The van der Waals surface area contributed by atoms with Crippen LogP contribution >= 0.6 is 27.5 Å². The molecule has 1 fully saturated rings. The number of nitrogens with one attached hydrogen (secondary N) is 1. The number of nitrogens with zero attached hydrogens (tertiary/aromatic N) is 1. The van der Waals surface area contributed by atoms with Gasteiger partial charge in [-0.25, -0.2) is 0 Å². The summed E-state index contributed by atoms with van der Waals surface area (Å²) in [5.74, 6) is 0.0891. The Kier molecular flexibility index (Phi) is 9.00. The third kappa shape index (κ3) is 6.48. The monoisotopic (exact) mass is 520 g/mol. The fraction of sp³-hybridized carbons (Fsp3) is 0.440. The van der Waals surface area contributed by atoms with Gasteiger partial charge < -0.3 is 15.0 Å². The fourth-order valence-corrected chi connectivity index (χ4v) is 4.80. The second kappa shape index (κ2) is 11.7. The summed E-state index contributed by atoms with van der Waals surface area (Å²) >= 11 is 9.60. The molecule has 1 atom stereocenters. The first-order valence-corrected chi connectivity index (χ1v) is 12.3. The van der Waals surface area contributed by atoms with Gasteiger partial charge in [-0.3, -0.25) is 9.59 Å². The van der Waals surface area contributed by atoms with Crippen LogP contribution in [0, 0.1) is 6.92 Å². The van der Waals surface area contributed by atoms with E-state index in [4.69, 9.17) is 16.3 Å². The van der Waals surface area contributed by atoms with Crippen molar-refractivity contribution in [3.63, 3.8) is 0 Å². The Morgan fingerprint density at radius 1 is 1.22 bits per heavy atom. The molecule has 2 aromatic carbocycles. The normalized spacial score (nSPS) is 14.8. The minimum Gasteiger partial charge on any atom is -0.482 e. The quantitative estimate of drug-likeness (QED) is 0.463. The molecule has 5 nitrogen and oxygen atoms in total. The van der Waals surface area contributed by atoms with Crippen LogP contribution in [0.2, 0.25) is 5.02 Å². The van der Waals surface area contributed by atoms with E-state index in [2.05, 4.69) is 21.2 Å². The van der Waals surface area contributed by atoms with Crippen LogP contribution in [0.15, 0.2) is 46.9 Å². The number of ether oxygens (including phenoxy) is 1. The molecule has 0 spiro atoms. The Morgan fingerprint density at radius 2 is 1.94 bits per heavy atom. The van der Waals surface area contributed by atoms with Crippen molar-refractivity contribution in [3.8, 4) is 5.75 Å². The van der Waals surface area contributed by atoms with Gasteiger partial charge in [0, 0.05) is 17.1 Å². The third-order valence-electron chi connectivity index (χ3n) is 5.93. The summed E-state index contributed by atoms with van der Waals surface area (Å²) in [6, 6.07) is 12.8. The molecule has 172 valence electrons. The summed E-state index contributed by atoms with van der Waals surface area (Å²) in [5.41, 5.74) is 2.09. The van der Waals surface area contributed by atoms with Crippen LogP contribution in [0.4, 0.5) is 0 Å². The molecule has 7 heteroatoms. The van der Waals surface area contributed by atoms with Gasteiger partial charge in [0.1, 0.15) is 11.8 Å². The van der Waals surface area contributed by atoms with Crippen molar-refractivity contribution in [2.45, 2.75) is 64.6 Å². The molecule has 0 heterocycles. The van der Waals surface area contributed by atoms with Gasteiger partial charge in [0.05, 0.1) is 5.02 Å². The van der Waals surface area contributed by atoms with Crippen LogP contribution < -0.4 is 10.1 Å². The summed E-state index contributed by atoms with van der Waals surface area (Å²) in [6.07, 6.45) is 4.79. The SMILES string of the molecule is CCC(C(=O)NC1CCCC1)N(Cc1ccccc1C)C(=O)COc1ccc(Br)cc1Cl. The average Bonchev–Trinajstić information content (AvgIpc) is 3.27. The molecule has 2 amide bonds. The molecule has 0 radical (unpaired) electrons. The van der Waals surface area contributed by atoms with Crippen LogP contribution in [0.1, 0.15) is 50.2 Å². The zero-order chi connectivity index (χ0) is 23.1. The van der Waals surface area contributed by atoms with E-state index in [1.807, 2.05) is 38.1 Å². The van der Waals surface area contributed by atoms with Crippen LogP contribution in [0.5, 0.6) is 5.75 Å². The second-order valence-corrected chi connectivity index (χ2v) is 9.55. The molecule has 2 aromatic rings. The van der Waals surface area contributed by atoms with Crippen molar-refractivity contribution in [2.24, 2.45) is 0 Å². The zero-order valence-corrected chi connectivity index (χ0v) is 20.9. The highest BCUT2D eigenvalue weighted by atomic mass is 79.9. The number of carbonyl (C=O) groups is 2. The minimum absolute atomic E-state index is 0.0944. The summed E-state index contributed by atoms with van der Waals surface area (Å²) < 4.78 is 6.57. The number of amides is 2. The molecular formula is C25H30BrClN2O3. The van der Waals surface area contributed by atoms with Crippen LogP contribution in [0.3, 0.4) is 0 Å². The maximum atomic E-state index is 13.3. The third-order valence-corrected chi connectivity index (χ3v) is 6.72. The lowest BCUT2D eigenvalue weighted by Crippen LogP contribution is -2.52. The summed E-state index contributed by atoms with van der Waals surface area (Å²) in [5, 5.41) is 3.57. The van der Waals surface area contributed by atoms with Gasteiger partial charge in [-0.2, -0.15) is 0 Å². The Labute approximate surface area is 203 Å². The predicted octanol–water partition coefficient (Wildman–Crippen LogP) is 5.66. The van der Waals surface area contributed by atoms with Gasteiger partial charge in [-0.1, -0.05) is 71.6 Å². The van der Waals surface area contributed by atoms with Crippen molar-refractivity contribution in [1.82, 2.24) is 10.2 Å². The number of halogens is 2. The van der Waals surface area contributed by atoms with Crippen molar-refractivity contribution in [3.05, 3.63) is 63.1 Å². The molecule has 32 heavy (non-hydrogen) atoms. The van der Waals surface area contributed by atoms with E-state index >= 15 is 0 Å². The number of carbonyl (C=O) groups excluding carboxylic acids is 2. The number of hydrogen-bond donors (Lipinski definition) is 1. The lowest BCUT2D eigenvalue weighted by molar-refractivity contribution is -0.143. The van der Waals surface area contributed by atoms with Gasteiger partial charge >= 0.3 is 0 Å². The number of rotatable bonds is 9. The number of benzene rings is 2. The summed E-state index contributed by atoms with van der Waals surface area (Å²) in [6.45, 7) is 4.10. The van der Waals surface area contributed by atoms with E-state index in [1.54, 1.807) is 23.1 Å². The van der Waals surface area contributed by atoms with Crippen molar-refractivity contribution < 1.29 is 14.3 Å². The Balaban J connectivity index is 1.78. The van der Waals surface area contributed by atoms with Gasteiger partial charge in [0.25, 0.3) is 5.91 Å². The maximum absolute atomic E-state index is 13.3. The molecule has 3 rings (SSSR count). The smallest absolute Gasteiger partial charge is 0.261 e. The van der Waals surface area contributed by atoms with Crippen molar-refractivity contribution >= 4 is 39.3 Å². The van der Waals surface area contributed by atoms with Gasteiger partial charge in [-0.15, -0.1) is 0 Å². The lowest BCUT2D eigenvalue weighted by Gasteiger charge is -2.32. The molecule has 1 aliphatic carbocycles. The van der Waals surface area contributed by atoms with E-state index in [1.165, 1.54) is 0 Å². The molecule has 1 aliphatic rings. The first-order chi connectivity index (χ1) is 15.4. The van der Waals surface area contributed by atoms with Crippen molar-refractivity contribution in [2.75, 3.05) is 6.61 Å². The van der Waals surface area contributed by atoms with Crippen molar-refractivity contribution in [1.29, 1.82) is 0 Å². The van der Waals surface area contributed by atoms with E-state index in [0.29, 0.717) is 23.7 Å². The lowest BCUT2D eigenvalue weighted by atomic mass is 10.1. The van der Waals surface area contributed by atoms with E-state index in [9.17, 15) is 9.59 Å². The molecule has 0 aliphatic heterocycles. The minimum atomic E-state index is -0.563. The Hall–Kier alpha value is -2.05. The topological polar surface area (TPSA) is 58.6 Å². The van der Waals surface area contributed by atoms with Gasteiger partial charge in [0.2, 0.25) is 5.91 Å². The molecule has 0 bridgehead atoms. The highest BCUT2D eigenvalue weighted by Crippen LogP contribution is 2.28. The van der Waals surface area contributed by atoms with Crippen LogP contribution in [0.25, 0.3) is 0 Å². The molecule has 0 aromatic heterocycles. The summed E-state index contributed by atoms with van der Waals surface area (Å²) in [4.78, 5) is 28.1. The van der Waals surface area contributed by atoms with E-state index < -0.39 is 6.04 Å². The number of hydrogen-bond acceptors (Lipinski definition) is 3. The highest BCUT2D eigenvalue weighted by molar-refractivity contribution is 9.10. The first-order valence-electron chi connectivity index (χ1n) is 11.1. The maximum Gasteiger partial charge on any atom is 0.261 e. The molecule has 1 N–H and O–H groups in total. The Morgan fingerprint density at radius 3 is 2.59 bits per heavy atom. The highest BCUT2D eigenvalue weighted by Gasteiger charge is 2.31. The van der Waals surface area contributed by atoms with E-state index in [0.717, 1.165) is 41.3 Å². The molecular weight excluding hydrogens is 492 g/mol. The fourth-order valence-electron chi connectivity index (χ4n) is 4.07.